The summed E-state index contributed by atoms with van der Waals surface area (Å²) in [7, 11) is 6.09. The van der Waals surface area contributed by atoms with E-state index in [2.05, 4.69) is 27.3 Å². The first-order valence-corrected chi connectivity index (χ1v) is 5.64. The number of benzene rings is 1. The number of hydrogen-bond acceptors (Lipinski definition) is 3. The number of nitrogens with one attached hydrogen (secondary N) is 1. The molecule has 0 bridgehead atoms. The maximum absolute atomic E-state index is 4.10. The van der Waals surface area contributed by atoms with Gasteiger partial charge < -0.3 is 14.8 Å². The molecule has 0 saturated carbocycles. The van der Waals surface area contributed by atoms with Gasteiger partial charge in [0.05, 0.1) is 29.9 Å². The molecule has 0 spiro atoms. The van der Waals surface area contributed by atoms with Crippen LogP contribution < -0.4 is 10.2 Å². The maximum atomic E-state index is 4.10. The molecule has 0 radical (unpaired) electrons. The van der Waals surface area contributed by atoms with Crippen LogP contribution >= 0.6 is 0 Å². The van der Waals surface area contributed by atoms with E-state index in [1.807, 2.05) is 50.4 Å². The van der Waals surface area contributed by atoms with Gasteiger partial charge in [-0.1, -0.05) is 12.1 Å². The summed E-state index contributed by atoms with van der Waals surface area (Å²) in [6.07, 6.45) is 3.69. The molecule has 1 aromatic carbocycles. The second-order valence-corrected chi connectivity index (χ2v) is 4.26. The van der Waals surface area contributed by atoms with E-state index in [-0.39, 0.29) is 0 Å². The minimum Gasteiger partial charge on any atom is -0.378 e. The zero-order valence-corrected chi connectivity index (χ0v) is 10.5. The Labute approximate surface area is 102 Å². The van der Waals surface area contributed by atoms with E-state index in [9.17, 15) is 0 Å². The molecule has 90 valence electrons. The molecular weight excluding hydrogens is 212 g/mol. The summed E-state index contributed by atoms with van der Waals surface area (Å²) in [6, 6.07) is 8.28. The molecule has 0 amide bonds. The van der Waals surface area contributed by atoms with Gasteiger partial charge in [0.25, 0.3) is 0 Å². The van der Waals surface area contributed by atoms with Gasteiger partial charge in [-0.2, -0.15) is 0 Å². The number of hydrogen-bond donors (Lipinski definition) is 1. The topological polar surface area (TPSA) is 33.1 Å². The lowest BCUT2D eigenvalue weighted by Crippen LogP contribution is -2.12. The minimum absolute atomic E-state index is 0.779. The highest BCUT2D eigenvalue weighted by molar-refractivity contribution is 5.69. The Morgan fingerprint density at radius 2 is 2.06 bits per heavy atom. The van der Waals surface area contributed by atoms with Gasteiger partial charge in [-0.05, 0) is 12.1 Å². The van der Waals surface area contributed by atoms with E-state index in [1.165, 1.54) is 11.4 Å². The van der Waals surface area contributed by atoms with Crippen LogP contribution in [0.25, 0.3) is 0 Å². The van der Waals surface area contributed by atoms with E-state index >= 15 is 0 Å². The Kier molecular flexibility index (Phi) is 3.32. The van der Waals surface area contributed by atoms with Gasteiger partial charge in [0.15, 0.2) is 0 Å². The Morgan fingerprint density at radius 3 is 2.71 bits per heavy atom. The van der Waals surface area contributed by atoms with Gasteiger partial charge in [0.1, 0.15) is 0 Å². The van der Waals surface area contributed by atoms with E-state index in [1.54, 1.807) is 0 Å². The predicted molar refractivity (Wildman–Crippen MR) is 71.3 cm³/mol. The van der Waals surface area contributed by atoms with Crippen LogP contribution in [0.5, 0.6) is 0 Å². The van der Waals surface area contributed by atoms with Gasteiger partial charge in [0.2, 0.25) is 0 Å². The first-order valence-electron chi connectivity index (χ1n) is 5.64. The third-order valence-corrected chi connectivity index (χ3v) is 2.76. The average molecular weight is 230 g/mol. The average Bonchev–Trinajstić information content (AvgIpc) is 2.72. The molecule has 17 heavy (non-hydrogen) atoms. The number of anilines is 2. The fourth-order valence-corrected chi connectivity index (χ4v) is 1.75. The van der Waals surface area contributed by atoms with Crippen molar-refractivity contribution >= 4 is 11.4 Å². The number of aromatic nitrogens is 2. The summed E-state index contributed by atoms with van der Waals surface area (Å²) >= 11 is 0. The van der Waals surface area contributed by atoms with Crippen molar-refractivity contribution in [2.75, 3.05) is 24.3 Å². The second kappa shape index (κ2) is 4.91. The fourth-order valence-electron chi connectivity index (χ4n) is 1.75. The molecule has 0 fully saturated rings. The van der Waals surface area contributed by atoms with Crippen molar-refractivity contribution in [2.24, 2.45) is 7.05 Å². The van der Waals surface area contributed by atoms with Gasteiger partial charge in [-0.15, -0.1) is 0 Å². The summed E-state index contributed by atoms with van der Waals surface area (Å²) in [6.45, 7) is 0.779. The van der Waals surface area contributed by atoms with E-state index in [0.29, 0.717) is 0 Å². The third kappa shape index (κ3) is 2.58. The highest BCUT2D eigenvalue weighted by Gasteiger charge is 2.04. The van der Waals surface area contributed by atoms with E-state index < -0.39 is 0 Å². The van der Waals surface area contributed by atoms with Crippen molar-refractivity contribution < 1.29 is 0 Å². The van der Waals surface area contributed by atoms with Crippen LogP contribution in [0.1, 0.15) is 5.69 Å². The van der Waals surface area contributed by atoms with Gasteiger partial charge in [-0.25, -0.2) is 4.98 Å². The summed E-state index contributed by atoms with van der Waals surface area (Å²) in [5.41, 5.74) is 3.49. The van der Waals surface area contributed by atoms with Gasteiger partial charge in [-0.3, -0.25) is 0 Å². The molecule has 2 rings (SSSR count). The summed E-state index contributed by atoms with van der Waals surface area (Å²) in [5.74, 6) is 0. The van der Waals surface area contributed by atoms with Crippen molar-refractivity contribution in [1.82, 2.24) is 9.55 Å². The summed E-state index contributed by atoms with van der Waals surface area (Å²) < 4.78 is 2.02. The van der Waals surface area contributed by atoms with Crippen LogP contribution in [0.15, 0.2) is 36.8 Å². The van der Waals surface area contributed by atoms with Crippen LogP contribution in [0.2, 0.25) is 0 Å². The number of aryl methyl sites for hydroxylation is 1. The lowest BCUT2D eigenvalue weighted by Gasteiger charge is -2.18. The first-order chi connectivity index (χ1) is 8.18. The first kappa shape index (κ1) is 11.5. The molecule has 0 atom stereocenters. The smallest absolute Gasteiger partial charge is 0.0946 e. The molecule has 1 aromatic heterocycles. The molecule has 0 aliphatic rings. The molecule has 1 heterocycles. The van der Waals surface area contributed by atoms with Crippen LogP contribution in [0, 0.1) is 0 Å². The molecule has 0 aliphatic heterocycles. The van der Waals surface area contributed by atoms with Crippen LogP contribution in [0.4, 0.5) is 11.4 Å². The molecular formula is C13H18N4. The quantitative estimate of drug-likeness (QED) is 0.873. The van der Waals surface area contributed by atoms with Crippen LogP contribution in [-0.2, 0) is 13.6 Å². The van der Waals surface area contributed by atoms with Crippen LogP contribution in [0.3, 0.4) is 0 Å². The fraction of sp³-hybridized carbons (Fsp3) is 0.308. The number of nitrogens with zero attached hydrogens (tertiary/aromatic N) is 3. The van der Waals surface area contributed by atoms with Crippen molar-refractivity contribution in [2.45, 2.75) is 6.54 Å². The Balaban J connectivity index is 2.11. The van der Waals surface area contributed by atoms with Gasteiger partial charge in [0, 0.05) is 27.3 Å². The molecule has 1 N–H and O–H groups in total. The second-order valence-electron chi connectivity index (χ2n) is 4.26. The zero-order valence-electron chi connectivity index (χ0n) is 10.5. The SMILES string of the molecule is CN(C)c1ccccc1NCc1cncn1C. The summed E-state index contributed by atoms with van der Waals surface area (Å²) in [4.78, 5) is 6.21. The largest absolute Gasteiger partial charge is 0.378 e. The van der Waals surface area contributed by atoms with Crippen molar-refractivity contribution in [3.8, 4) is 0 Å². The molecule has 4 nitrogen and oxygen atoms in total. The summed E-state index contributed by atoms with van der Waals surface area (Å²) in [5, 5.41) is 3.44. The Hall–Kier alpha value is -1.97. The highest BCUT2D eigenvalue weighted by atomic mass is 15.1. The monoisotopic (exact) mass is 230 g/mol. The standard InChI is InChI=1S/C13H18N4/c1-16(2)13-7-5-4-6-12(13)15-9-11-8-14-10-17(11)3/h4-8,10,15H,9H2,1-3H3. The van der Waals surface area contributed by atoms with E-state index in [0.717, 1.165) is 12.2 Å². The normalized spacial score (nSPS) is 10.3. The molecule has 4 heteroatoms. The Morgan fingerprint density at radius 1 is 1.29 bits per heavy atom. The zero-order chi connectivity index (χ0) is 12.3. The van der Waals surface area contributed by atoms with Crippen molar-refractivity contribution in [3.05, 3.63) is 42.5 Å². The number of imidazole rings is 1. The van der Waals surface area contributed by atoms with Gasteiger partial charge >= 0.3 is 0 Å². The predicted octanol–water partition coefficient (Wildman–Crippen LogP) is 2.10. The maximum Gasteiger partial charge on any atom is 0.0946 e. The lowest BCUT2D eigenvalue weighted by molar-refractivity contribution is 0.837. The van der Waals surface area contributed by atoms with Crippen molar-refractivity contribution in [1.29, 1.82) is 0 Å². The minimum atomic E-state index is 0.779. The number of para-hydroxylation sites is 2. The van der Waals surface area contributed by atoms with Crippen molar-refractivity contribution in [3.63, 3.8) is 0 Å². The third-order valence-electron chi connectivity index (χ3n) is 2.76. The molecule has 0 unspecified atom stereocenters. The molecule has 0 aliphatic carbocycles. The van der Waals surface area contributed by atoms with E-state index in [4.69, 9.17) is 0 Å². The number of rotatable bonds is 4. The Bertz CT molecular complexity index is 488. The molecule has 0 saturated heterocycles. The lowest BCUT2D eigenvalue weighted by atomic mass is 10.2. The van der Waals surface area contributed by atoms with Crippen LogP contribution in [-0.4, -0.2) is 23.6 Å². The molecule has 2 aromatic rings. The highest BCUT2D eigenvalue weighted by Crippen LogP contribution is 2.23.